The van der Waals surface area contributed by atoms with Gasteiger partial charge < -0.3 is 9.47 Å². The fraction of sp³-hybridized carbons (Fsp3) is 0.462. The zero-order valence-electron chi connectivity index (χ0n) is 12.1. The first kappa shape index (κ1) is 17.6. The van der Waals surface area contributed by atoms with Crippen molar-refractivity contribution in [3.05, 3.63) is 22.7 Å². The molecule has 122 valence electrons. The summed E-state index contributed by atoms with van der Waals surface area (Å²) in [7, 11) is -1.02. The molecule has 1 aliphatic rings. The summed E-state index contributed by atoms with van der Waals surface area (Å²) >= 11 is 4.67. The first-order valence-corrected chi connectivity index (χ1v) is 9.71. The summed E-state index contributed by atoms with van der Waals surface area (Å²) in [6, 6.07) is 4.80. The van der Waals surface area contributed by atoms with Gasteiger partial charge in [0, 0.05) is 23.3 Å². The summed E-state index contributed by atoms with van der Waals surface area (Å²) in [6.45, 7) is 0.436. The lowest BCUT2D eigenvalue weighted by Crippen LogP contribution is -2.44. The molecule has 0 bridgehead atoms. The van der Waals surface area contributed by atoms with Crippen LogP contribution in [0.15, 0.2) is 27.6 Å². The molecule has 0 aromatic heterocycles. The lowest BCUT2D eigenvalue weighted by Gasteiger charge is -2.30. The van der Waals surface area contributed by atoms with Crippen LogP contribution in [-0.4, -0.2) is 57.0 Å². The maximum atomic E-state index is 12.8. The molecule has 0 aliphatic carbocycles. The normalized spacial score (nSPS) is 19.7. The predicted octanol–water partition coefficient (Wildman–Crippen LogP) is 1.74. The third-order valence-corrected chi connectivity index (χ3v) is 6.78. The summed E-state index contributed by atoms with van der Waals surface area (Å²) in [5.74, 6) is 0.400. The van der Waals surface area contributed by atoms with E-state index >= 15 is 0 Å². The standard InChI is InChI=1S/C13H16BrNO5S2/c1-19-10-4-3-9(14)7-12(10)22(17,18)15-5-6-21-11(8-15)13(16)20-2/h3-4,7,11H,5-6,8H2,1-2H3/t11-/m1/s1. The summed E-state index contributed by atoms with van der Waals surface area (Å²) in [4.78, 5) is 11.7. The quantitative estimate of drug-likeness (QED) is 0.705. The number of benzene rings is 1. The first-order valence-electron chi connectivity index (χ1n) is 6.43. The van der Waals surface area contributed by atoms with Gasteiger partial charge in [-0.3, -0.25) is 4.79 Å². The van der Waals surface area contributed by atoms with Crippen molar-refractivity contribution in [3.8, 4) is 5.75 Å². The summed E-state index contributed by atoms with van der Waals surface area (Å²) in [5, 5.41) is -0.508. The van der Waals surface area contributed by atoms with E-state index in [-0.39, 0.29) is 17.2 Å². The molecule has 22 heavy (non-hydrogen) atoms. The number of nitrogens with zero attached hydrogens (tertiary/aromatic N) is 1. The molecule has 2 rings (SSSR count). The van der Waals surface area contributed by atoms with Crippen LogP contribution in [0.4, 0.5) is 0 Å². The van der Waals surface area contributed by atoms with Gasteiger partial charge in [-0.1, -0.05) is 15.9 Å². The van der Waals surface area contributed by atoms with Crippen molar-refractivity contribution in [1.29, 1.82) is 0 Å². The van der Waals surface area contributed by atoms with Gasteiger partial charge in [-0.2, -0.15) is 4.31 Å². The maximum absolute atomic E-state index is 12.8. The van der Waals surface area contributed by atoms with E-state index in [2.05, 4.69) is 15.9 Å². The Morgan fingerprint density at radius 2 is 2.14 bits per heavy atom. The predicted molar refractivity (Wildman–Crippen MR) is 87.7 cm³/mol. The molecule has 0 amide bonds. The number of hydrogen-bond donors (Lipinski definition) is 0. The van der Waals surface area contributed by atoms with Gasteiger partial charge >= 0.3 is 5.97 Å². The molecule has 0 unspecified atom stereocenters. The van der Waals surface area contributed by atoms with Gasteiger partial charge in [-0.05, 0) is 18.2 Å². The Kier molecular flexibility index (Phi) is 5.76. The van der Waals surface area contributed by atoms with Crippen molar-refractivity contribution in [2.45, 2.75) is 10.1 Å². The fourth-order valence-corrected chi connectivity index (χ4v) is 5.60. The van der Waals surface area contributed by atoms with E-state index in [1.54, 1.807) is 12.1 Å². The maximum Gasteiger partial charge on any atom is 0.320 e. The lowest BCUT2D eigenvalue weighted by atomic mass is 10.3. The number of rotatable bonds is 4. The molecular weight excluding hydrogens is 394 g/mol. The largest absolute Gasteiger partial charge is 0.495 e. The Labute approximate surface area is 142 Å². The Bertz CT molecular complexity index is 664. The van der Waals surface area contributed by atoms with E-state index in [0.29, 0.717) is 16.8 Å². The van der Waals surface area contributed by atoms with Crippen LogP contribution in [0.2, 0.25) is 0 Å². The van der Waals surface area contributed by atoms with Crippen molar-refractivity contribution in [2.24, 2.45) is 0 Å². The van der Waals surface area contributed by atoms with E-state index in [0.717, 1.165) is 0 Å². The highest BCUT2D eigenvalue weighted by Gasteiger charge is 2.35. The molecule has 0 saturated carbocycles. The second-order valence-corrected chi connectivity index (χ2v) is 8.67. The number of ether oxygens (including phenoxy) is 2. The lowest BCUT2D eigenvalue weighted by molar-refractivity contribution is -0.140. The van der Waals surface area contributed by atoms with E-state index in [1.165, 1.54) is 36.4 Å². The minimum Gasteiger partial charge on any atom is -0.495 e. The van der Waals surface area contributed by atoms with Gasteiger partial charge in [-0.25, -0.2) is 8.42 Å². The molecule has 1 aromatic carbocycles. The number of thioether (sulfide) groups is 1. The zero-order chi connectivity index (χ0) is 16.3. The van der Waals surface area contributed by atoms with Crippen molar-refractivity contribution < 1.29 is 22.7 Å². The number of esters is 1. The summed E-state index contributed by atoms with van der Waals surface area (Å²) in [5.41, 5.74) is 0. The minimum absolute atomic E-state index is 0.0832. The Balaban J connectivity index is 2.34. The highest BCUT2D eigenvalue weighted by Crippen LogP contribution is 2.32. The molecule has 1 heterocycles. The molecule has 1 saturated heterocycles. The van der Waals surface area contributed by atoms with Gasteiger partial charge in [0.15, 0.2) is 0 Å². The molecular formula is C13H16BrNO5S2. The van der Waals surface area contributed by atoms with Crippen molar-refractivity contribution in [3.63, 3.8) is 0 Å². The number of hydrogen-bond acceptors (Lipinski definition) is 6. The molecule has 1 fully saturated rings. The number of carbonyl (C=O) groups is 1. The topological polar surface area (TPSA) is 72.9 Å². The summed E-state index contributed by atoms with van der Waals surface area (Å²) in [6.07, 6.45) is 0. The second-order valence-electron chi connectivity index (χ2n) is 4.54. The molecule has 1 atom stereocenters. The van der Waals surface area contributed by atoms with Crippen LogP contribution in [0.5, 0.6) is 5.75 Å². The zero-order valence-corrected chi connectivity index (χ0v) is 15.3. The van der Waals surface area contributed by atoms with Gasteiger partial charge in [0.25, 0.3) is 0 Å². The smallest absolute Gasteiger partial charge is 0.320 e. The van der Waals surface area contributed by atoms with Crippen molar-refractivity contribution in [2.75, 3.05) is 33.1 Å². The minimum atomic E-state index is -3.74. The Hall–Kier alpha value is -0.770. The van der Waals surface area contributed by atoms with E-state index in [1.807, 2.05) is 0 Å². The van der Waals surface area contributed by atoms with Gasteiger partial charge in [0.1, 0.15) is 15.9 Å². The Morgan fingerprint density at radius 1 is 1.41 bits per heavy atom. The van der Waals surface area contributed by atoms with Crippen LogP contribution in [0, 0.1) is 0 Å². The molecule has 1 aromatic rings. The average molecular weight is 410 g/mol. The van der Waals surface area contributed by atoms with Crippen LogP contribution < -0.4 is 4.74 Å². The van der Waals surface area contributed by atoms with Crippen LogP contribution in [-0.2, 0) is 19.6 Å². The molecule has 9 heteroatoms. The van der Waals surface area contributed by atoms with Crippen molar-refractivity contribution in [1.82, 2.24) is 4.31 Å². The summed E-state index contributed by atoms with van der Waals surface area (Å²) < 4.78 is 37.5. The molecule has 0 spiro atoms. The second kappa shape index (κ2) is 7.20. The third kappa shape index (κ3) is 3.58. The molecule has 6 nitrogen and oxygen atoms in total. The monoisotopic (exact) mass is 409 g/mol. The highest BCUT2D eigenvalue weighted by atomic mass is 79.9. The molecule has 0 N–H and O–H groups in total. The first-order chi connectivity index (χ1) is 10.4. The molecule has 1 aliphatic heterocycles. The van der Waals surface area contributed by atoms with Gasteiger partial charge in [0.05, 0.1) is 14.2 Å². The van der Waals surface area contributed by atoms with Gasteiger partial charge in [-0.15, -0.1) is 11.8 Å². The van der Waals surface area contributed by atoms with Crippen LogP contribution in [0.3, 0.4) is 0 Å². The fourth-order valence-electron chi connectivity index (χ4n) is 2.11. The van der Waals surface area contributed by atoms with E-state index in [4.69, 9.17) is 9.47 Å². The van der Waals surface area contributed by atoms with E-state index in [9.17, 15) is 13.2 Å². The average Bonchev–Trinajstić information content (AvgIpc) is 2.54. The van der Waals surface area contributed by atoms with Gasteiger partial charge in [0.2, 0.25) is 10.0 Å². The third-order valence-electron chi connectivity index (χ3n) is 3.24. The molecule has 0 radical (unpaired) electrons. The number of sulfonamides is 1. The SMILES string of the molecule is COC(=O)[C@H]1CN(S(=O)(=O)c2cc(Br)ccc2OC)CCS1. The number of methoxy groups -OCH3 is 2. The van der Waals surface area contributed by atoms with Crippen LogP contribution in [0.25, 0.3) is 0 Å². The number of carbonyl (C=O) groups excluding carboxylic acids is 1. The number of halogens is 1. The van der Waals surface area contributed by atoms with Crippen LogP contribution >= 0.6 is 27.7 Å². The highest BCUT2D eigenvalue weighted by molar-refractivity contribution is 9.10. The van der Waals surface area contributed by atoms with E-state index < -0.39 is 21.2 Å². The Morgan fingerprint density at radius 3 is 2.77 bits per heavy atom. The van der Waals surface area contributed by atoms with Crippen molar-refractivity contribution >= 4 is 43.7 Å². The van der Waals surface area contributed by atoms with Crippen LogP contribution in [0.1, 0.15) is 0 Å².